The minimum absolute atomic E-state index is 0.0251. The second kappa shape index (κ2) is 8.53. The van der Waals surface area contributed by atoms with Crippen LogP contribution in [0.15, 0.2) is 24.3 Å². The maximum atomic E-state index is 12.5. The van der Waals surface area contributed by atoms with Crippen LogP contribution in [0.25, 0.3) is 10.9 Å². The number of nitrogens with zero attached hydrogens (tertiary/aromatic N) is 2. The van der Waals surface area contributed by atoms with Crippen LogP contribution in [0.3, 0.4) is 0 Å². The van der Waals surface area contributed by atoms with Crippen molar-refractivity contribution in [3.05, 3.63) is 35.5 Å². The van der Waals surface area contributed by atoms with Gasteiger partial charge in [-0.05, 0) is 44.7 Å². The molecule has 0 bridgehead atoms. The minimum Gasteiger partial charge on any atom is -0.358 e. The molecule has 0 spiro atoms. The molecule has 2 amide bonds. The van der Waals surface area contributed by atoms with Gasteiger partial charge in [-0.15, -0.1) is 0 Å². The molecule has 0 unspecified atom stereocenters. The molecule has 1 aliphatic heterocycles. The summed E-state index contributed by atoms with van der Waals surface area (Å²) in [5.41, 5.74) is 3.49. The number of aryl methyl sites for hydroxylation is 1. The summed E-state index contributed by atoms with van der Waals surface area (Å²) in [6.07, 6.45) is 2.12. The number of piperidine rings is 1. The first-order chi connectivity index (χ1) is 13.3. The molecule has 2 N–H and O–H groups in total. The number of rotatable bonds is 6. The number of amides is 2. The standard InChI is InChI=1S/C20H30N4O3S/c1-4-28(26,27)23(3)16-10-13-24(14-11-16)20(25)21-12-9-17-15(2)22-19-8-6-5-7-18(17)19/h5-8,16,22H,4,9-14H2,1-3H3,(H,21,25). The molecule has 1 aliphatic rings. The van der Waals surface area contributed by atoms with E-state index in [9.17, 15) is 13.2 Å². The average Bonchev–Trinajstić information content (AvgIpc) is 3.02. The van der Waals surface area contributed by atoms with E-state index in [-0.39, 0.29) is 17.8 Å². The monoisotopic (exact) mass is 406 g/mol. The average molecular weight is 407 g/mol. The number of aromatic nitrogens is 1. The van der Waals surface area contributed by atoms with Gasteiger partial charge in [0.25, 0.3) is 0 Å². The van der Waals surface area contributed by atoms with Crippen LogP contribution in [0.1, 0.15) is 31.0 Å². The number of H-pyrrole nitrogens is 1. The van der Waals surface area contributed by atoms with Gasteiger partial charge in [-0.2, -0.15) is 0 Å². The van der Waals surface area contributed by atoms with Crippen LogP contribution in [0.4, 0.5) is 4.79 Å². The third-order valence-electron chi connectivity index (χ3n) is 5.75. The summed E-state index contributed by atoms with van der Waals surface area (Å²) in [6.45, 7) is 5.44. The van der Waals surface area contributed by atoms with E-state index in [1.54, 1.807) is 18.9 Å². The Hall–Kier alpha value is -2.06. The van der Waals surface area contributed by atoms with E-state index in [2.05, 4.69) is 29.4 Å². The lowest BCUT2D eigenvalue weighted by Crippen LogP contribution is -2.50. The number of sulfonamides is 1. The van der Waals surface area contributed by atoms with Gasteiger partial charge in [0, 0.05) is 49.3 Å². The van der Waals surface area contributed by atoms with Crippen LogP contribution in [0, 0.1) is 6.92 Å². The molecule has 154 valence electrons. The Bertz CT molecular complexity index is 930. The quantitative estimate of drug-likeness (QED) is 0.773. The Morgan fingerprint density at radius 2 is 1.96 bits per heavy atom. The van der Waals surface area contributed by atoms with Gasteiger partial charge in [0.15, 0.2) is 0 Å². The highest BCUT2D eigenvalue weighted by molar-refractivity contribution is 7.89. The number of carbonyl (C=O) groups is 1. The third-order valence-corrected chi connectivity index (χ3v) is 7.65. The van der Waals surface area contributed by atoms with E-state index in [1.807, 2.05) is 12.1 Å². The van der Waals surface area contributed by atoms with E-state index in [1.165, 1.54) is 15.3 Å². The summed E-state index contributed by atoms with van der Waals surface area (Å²) < 4.78 is 25.5. The van der Waals surface area contributed by atoms with Gasteiger partial charge < -0.3 is 15.2 Å². The number of hydrogen-bond acceptors (Lipinski definition) is 3. The molecule has 2 aromatic rings. The predicted molar refractivity (Wildman–Crippen MR) is 112 cm³/mol. The van der Waals surface area contributed by atoms with Crippen LogP contribution >= 0.6 is 0 Å². The Morgan fingerprint density at radius 1 is 1.29 bits per heavy atom. The molecule has 1 fully saturated rings. The molecule has 2 heterocycles. The van der Waals surface area contributed by atoms with Gasteiger partial charge in [0.2, 0.25) is 10.0 Å². The van der Waals surface area contributed by atoms with E-state index in [4.69, 9.17) is 0 Å². The Balaban J connectivity index is 1.49. The maximum absolute atomic E-state index is 12.5. The van der Waals surface area contributed by atoms with Crippen LogP contribution in [0.2, 0.25) is 0 Å². The van der Waals surface area contributed by atoms with Crippen molar-refractivity contribution >= 4 is 27.0 Å². The number of aromatic amines is 1. The number of likely N-dealkylation sites (tertiary alicyclic amines) is 1. The van der Waals surface area contributed by atoms with E-state index in [0.717, 1.165) is 17.6 Å². The molecule has 8 heteroatoms. The molecular weight excluding hydrogens is 376 g/mol. The van der Waals surface area contributed by atoms with E-state index < -0.39 is 10.0 Å². The first kappa shape index (κ1) is 20.7. The van der Waals surface area contributed by atoms with Crippen molar-refractivity contribution in [2.45, 2.75) is 39.2 Å². The highest BCUT2D eigenvalue weighted by Gasteiger charge is 2.30. The van der Waals surface area contributed by atoms with Crippen molar-refractivity contribution in [1.29, 1.82) is 0 Å². The fourth-order valence-corrected chi connectivity index (χ4v) is 5.00. The summed E-state index contributed by atoms with van der Waals surface area (Å²) in [6, 6.07) is 8.10. The second-order valence-electron chi connectivity index (χ2n) is 7.39. The van der Waals surface area contributed by atoms with Crippen molar-refractivity contribution in [2.24, 2.45) is 0 Å². The van der Waals surface area contributed by atoms with Gasteiger partial charge in [0.05, 0.1) is 5.75 Å². The number of hydrogen-bond donors (Lipinski definition) is 2. The zero-order valence-electron chi connectivity index (χ0n) is 16.9. The molecule has 0 saturated carbocycles. The maximum Gasteiger partial charge on any atom is 0.317 e. The van der Waals surface area contributed by atoms with Gasteiger partial charge in [-0.1, -0.05) is 18.2 Å². The molecule has 3 rings (SSSR count). The Labute approximate surface area is 167 Å². The zero-order chi connectivity index (χ0) is 20.3. The minimum atomic E-state index is -3.19. The first-order valence-electron chi connectivity index (χ1n) is 9.88. The van der Waals surface area contributed by atoms with Crippen LogP contribution in [-0.2, 0) is 16.4 Å². The summed E-state index contributed by atoms with van der Waals surface area (Å²) in [4.78, 5) is 17.6. The summed E-state index contributed by atoms with van der Waals surface area (Å²) in [5.74, 6) is 0.109. The highest BCUT2D eigenvalue weighted by Crippen LogP contribution is 2.22. The predicted octanol–water partition coefficient (Wildman–Crippen LogP) is 2.47. The van der Waals surface area contributed by atoms with Crippen LogP contribution in [0.5, 0.6) is 0 Å². The number of nitrogens with one attached hydrogen (secondary N) is 2. The van der Waals surface area contributed by atoms with Gasteiger partial charge >= 0.3 is 6.03 Å². The fraction of sp³-hybridized carbons (Fsp3) is 0.550. The number of benzene rings is 1. The lowest BCUT2D eigenvalue weighted by atomic mass is 10.1. The third kappa shape index (κ3) is 4.33. The van der Waals surface area contributed by atoms with Crippen molar-refractivity contribution in [3.8, 4) is 0 Å². The molecular formula is C20H30N4O3S. The lowest BCUT2D eigenvalue weighted by Gasteiger charge is -2.36. The SMILES string of the molecule is CCS(=O)(=O)N(C)C1CCN(C(=O)NCCc2c(C)[nH]c3ccccc23)CC1. The first-order valence-corrected chi connectivity index (χ1v) is 11.5. The number of carbonyl (C=O) groups excluding carboxylic acids is 1. The fourth-order valence-electron chi connectivity index (χ4n) is 3.93. The van der Waals surface area contributed by atoms with Crippen molar-refractivity contribution in [2.75, 3.05) is 32.4 Å². The Kier molecular flexibility index (Phi) is 6.30. The lowest BCUT2D eigenvalue weighted by molar-refractivity contribution is 0.164. The molecule has 0 radical (unpaired) electrons. The molecule has 1 saturated heterocycles. The molecule has 28 heavy (non-hydrogen) atoms. The summed E-state index contributed by atoms with van der Waals surface area (Å²) in [7, 11) is -1.54. The van der Waals surface area contributed by atoms with Crippen LogP contribution < -0.4 is 5.32 Å². The summed E-state index contributed by atoms with van der Waals surface area (Å²) >= 11 is 0. The van der Waals surface area contributed by atoms with Crippen molar-refractivity contribution in [3.63, 3.8) is 0 Å². The molecule has 0 aliphatic carbocycles. The largest absolute Gasteiger partial charge is 0.358 e. The zero-order valence-corrected chi connectivity index (χ0v) is 17.7. The topological polar surface area (TPSA) is 85.5 Å². The number of fused-ring (bicyclic) bond motifs is 1. The molecule has 0 atom stereocenters. The molecule has 1 aromatic carbocycles. The molecule has 7 nitrogen and oxygen atoms in total. The summed E-state index contributed by atoms with van der Waals surface area (Å²) in [5, 5.41) is 4.21. The Morgan fingerprint density at radius 3 is 2.64 bits per heavy atom. The van der Waals surface area contributed by atoms with Gasteiger partial charge in [-0.3, -0.25) is 0 Å². The van der Waals surface area contributed by atoms with Gasteiger partial charge in [-0.25, -0.2) is 17.5 Å². The van der Waals surface area contributed by atoms with Crippen LogP contribution in [-0.4, -0.2) is 67.1 Å². The highest BCUT2D eigenvalue weighted by atomic mass is 32.2. The number of para-hydroxylation sites is 1. The number of urea groups is 1. The van der Waals surface area contributed by atoms with Crippen molar-refractivity contribution < 1.29 is 13.2 Å². The molecule has 1 aromatic heterocycles. The smallest absolute Gasteiger partial charge is 0.317 e. The van der Waals surface area contributed by atoms with Gasteiger partial charge in [0.1, 0.15) is 0 Å². The normalized spacial score (nSPS) is 16.1. The second-order valence-corrected chi connectivity index (χ2v) is 9.71. The van der Waals surface area contributed by atoms with E-state index >= 15 is 0 Å². The van der Waals surface area contributed by atoms with Crippen molar-refractivity contribution in [1.82, 2.24) is 19.5 Å². The van der Waals surface area contributed by atoms with E-state index in [0.29, 0.717) is 32.5 Å².